The topological polar surface area (TPSA) is 12.5 Å². The van der Waals surface area contributed by atoms with Crippen LogP contribution in [0.15, 0.2) is 84.6 Å². The van der Waals surface area contributed by atoms with E-state index in [2.05, 4.69) is 30.0 Å². The maximum absolute atomic E-state index is 13.4. The number of benzene rings is 3. The fourth-order valence-corrected chi connectivity index (χ4v) is 4.18. The molecule has 32 heavy (non-hydrogen) atoms. The van der Waals surface area contributed by atoms with E-state index in [4.69, 9.17) is 4.74 Å². The standard InChI is InChI=1S/C28H29F2NO/c1-21-4-14-26(15-5-21)32-27-16-19-31(20-17-27)18-2-3-28(22-6-10-24(29)11-7-22)23-8-12-25(30)13-9-23/h4-16,28H,2-3,17-20H2,1H3. The van der Waals surface area contributed by atoms with E-state index in [1.807, 2.05) is 36.4 Å². The van der Waals surface area contributed by atoms with E-state index in [1.165, 1.54) is 29.8 Å². The molecule has 0 N–H and O–H groups in total. The van der Waals surface area contributed by atoms with Crippen LogP contribution in [0.5, 0.6) is 5.75 Å². The van der Waals surface area contributed by atoms with Crippen LogP contribution in [0.1, 0.15) is 41.9 Å². The summed E-state index contributed by atoms with van der Waals surface area (Å²) in [4.78, 5) is 2.42. The molecule has 4 rings (SSSR count). The average molecular weight is 434 g/mol. The van der Waals surface area contributed by atoms with E-state index in [0.29, 0.717) is 0 Å². The van der Waals surface area contributed by atoms with Gasteiger partial charge < -0.3 is 4.74 Å². The zero-order chi connectivity index (χ0) is 22.3. The van der Waals surface area contributed by atoms with E-state index < -0.39 is 0 Å². The first-order valence-corrected chi connectivity index (χ1v) is 11.2. The molecule has 0 amide bonds. The van der Waals surface area contributed by atoms with Crippen molar-refractivity contribution in [3.05, 3.63) is 113 Å². The molecule has 3 aromatic carbocycles. The van der Waals surface area contributed by atoms with Crippen LogP contribution in [-0.4, -0.2) is 24.5 Å². The summed E-state index contributed by atoms with van der Waals surface area (Å²) in [6.07, 6.45) is 4.99. The minimum Gasteiger partial charge on any atom is -0.462 e. The molecule has 166 valence electrons. The first-order chi connectivity index (χ1) is 15.6. The fraction of sp³-hybridized carbons (Fsp3) is 0.286. The third kappa shape index (κ3) is 6.04. The summed E-state index contributed by atoms with van der Waals surface area (Å²) >= 11 is 0. The summed E-state index contributed by atoms with van der Waals surface area (Å²) in [5.41, 5.74) is 3.34. The van der Waals surface area contributed by atoms with Crippen LogP contribution < -0.4 is 4.74 Å². The van der Waals surface area contributed by atoms with Gasteiger partial charge in [-0.15, -0.1) is 0 Å². The Morgan fingerprint density at radius 1 is 0.844 bits per heavy atom. The maximum atomic E-state index is 13.4. The number of nitrogens with zero attached hydrogens (tertiary/aromatic N) is 1. The molecule has 0 saturated heterocycles. The van der Waals surface area contributed by atoms with Crippen LogP contribution >= 0.6 is 0 Å². The highest BCUT2D eigenvalue weighted by Gasteiger charge is 2.17. The van der Waals surface area contributed by atoms with Gasteiger partial charge in [-0.3, -0.25) is 4.90 Å². The van der Waals surface area contributed by atoms with Crippen molar-refractivity contribution in [1.82, 2.24) is 4.90 Å². The molecule has 2 nitrogen and oxygen atoms in total. The SMILES string of the molecule is Cc1ccc(OC2=CCN(CCCC(c3ccc(F)cc3)c3ccc(F)cc3)CC2)cc1. The van der Waals surface area contributed by atoms with Gasteiger partial charge in [0.25, 0.3) is 0 Å². The molecular formula is C28H29F2NO. The van der Waals surface area contributed by atoms with Gasteiger partial charge in [-0.2, -0.15) is 0 Å². The minimum atomic E-state index is -0.240. The Labute approximate surface area is 189 Å². The van der Waals surface area contributed by atoms with Gasteiger partial charge in [0, 0.05) is 25.4 Å². The van der Waals surface area contributed by atoms with Crippen molar-refractivity contribution >= 4 is 0 Å². The molecular weight excluding hydrogens is 404 g/mol. The Bertz CT molecular complexity index is 981. The second-order valence-corrected chi connectivity index (χ2v) is 8.43. The van der Waals surface area contributed by atoms with Gasteiger partial charge in [-0.1, -0.05) is 42.0 Å². The highest BCUT2D eigenvalue weighted by atomic mass is 19.1. The Morgan fingerprint density at radius 3 is 1.97 bits per heavy atom. The number of aryl methyl sites for hydroxylation is 1. The Balaban J connectivity index is 1.33. The van der Waals surface area contributed by atoms with Crippen molar-refractivity contribution in [2.75, 3.05) is 19.6 Å². The van der Waals surface area contributed by atoms with Gasteiger partial charge in [-0.05, 0) is 79.9 Å². The van der Waals surface area contributed by atoms with Crippen LogP contribution in [-0.2, 0) is 0 Å². The number of rotatable bonds is 8. The fourth-order valence-electron chi connectivity index (χ4n) is 4.18. The smallest absolute Gasteiger partial charge is 0.126 e. The summed E-state index contributed by atoms with van der Waals surface area (Å²) in [5.74, 6) is 1.56. The molecule has 0 aliphatic carbocycles. The molecule has 3 aromatic rings. The van der Waals surface area contributed by atoms with Crippen molar-refractivity contribution in [3.63, 3.8) is 0 Å². The minimum absolute atomic E-state index is 0.122. The van der Waals surface area contributed by atoms with E-state index >= 15 is 0 Å². The summed E-state index contributed by atoms with van der Waals surface area (Å²) in [6, 6.07) is 21.5. The van der Waals surface area contributed by atoms with Crippen molar-refractivity contribution in [1.29, 1.82) is 0 Å². The molecule has 0 fully saturated rings. The molecule has 0 unspecified atom stereocenters. The molecule has 0 saturated carbocycles. The Morgan fingerprint density at radius 2 is 1.44 bits per heavy atom. The monoisotopic (exact) mass is 433 g/mol. The molecule has 1 heterocycles. The highest BCUT2D eigenvalue weighted by Crippen LogP contribution is 2.30. The molecule has 1 aliphatic rings. The van der Waals surface area contributed by atoms with Crippen LogP contribution in [0.3, 0.4) is 0 Å². The quantitative estimate of drug-likeness (QED) is 0.385. The summed E-state index contributed by atoms with van der Waals surface area (Å²) in [5, 5.41) is 0. The zero-order valence-electron chi connectivity index (χ0n) is 18.4. The van der Waals surface area contributed by atoms with Gasteiger partial charge in [0.15, 0.2) is 0 Å². The number of hydrogen-bond donors (Lipinski definition) is 0. The van der Waals surface area contributed by atoms with Crippen LogP contribution in [0, 0.1) is 18.6 Å². The van der Waals surface area contributed by atoms with Crippen LogP contribution in [0.25, 0.3) is 0 Å². The van der Waals surface area contributed by atoms with Crippen molar-refractivity contribution in [3.8, 4) is 5.75 Å². The third-order valence-electron chi connectivity index (χ3n) is 6.03. The highest BCUT2D eigenvalue weighted by molar-refractivity contribution is 5.33. The molecule has 0 bridgehead atoms. The van der Waals surface area contributed by atoms with Gasteiger partial charge in [-0.25, -0.2) is 8.78 Å². The lowest BCUT2D eigenvalue weighted by Crippen LogP contribution is -2.30. The van der Waals surface area contributed by atoms with Gasteiger partial charge >= 0.3 is 0 Å². The number of hydrogen-bond acceptors (Lipinski definition) is 2. The van der Waals surface area contributed by atoms with E-state index in [0.717, 1.165) is 61.5 Å². The van der Waals surface area contributed by atoms with Gasteiger partial charge in [0.2, 0.25) is 0 Å². The Kier molecular flexibility index (Phi) is 7.33. The normalized spacial score (nSPS) is 14.4. The first-order valence-electron chi connectivity index (χ1n) is 11.2. The van der Waals surface area contributed by atoms with Crippen LogP contribution in [0.2, 0.25) is 0 Å². The molecule has 0 aromatic heterocycles. The van der Waals surface area contributed by atoms with E-state index in [-0.39, 0.29) is 17.6 Å². The van der Waals surface area contributed by atoms with Crippen LogP contribution in [0.4, 0.5) is 8.78 Å². The molecule has 0 radical (unpaired) electrons. The second-order valence-electron chi connectivity index (χ2n) is 8.43. The predicted molar refractivity (Wildman–Crippen MR) is 125 cm³/mol. The molecule has 0 spiro atoms. The lowest BCUT2D eigenvalue weighted by molar-refractivity contribution is 0.256. The lowest BCUT2D eigenvalue weighted by atomic mass is 9.87. The largest absolute Gasteiger partial charge is 0.462 e. The second kappa shape index (κ2) is 10.6. The third-order valence-corrected chi connectivity index (χ3v) is 6.03. The Hall–Kier alpha value is -2.98. The number of halogens is 2. The summed E-state index contributed by atoms with van der Waals surface area (Å²) < 4.78 is 32.8. The van der Waals surface area contributed by atoms with Crippen molar-refractivity contribution < 1.29 is 13.5 Å². The lowest BCUT2D eigenvalue weighted by Gasteiger charge is -2.27. The molecule has 1 aliphatic heterocycles. The summed E-state index contributed by atoms with van der Waals surface area (Å²) in [6.45, 7) is 4.89. The zero-order valence-corrected chi connectivity index (χ0v) is 18.4. The van der Waals surface area contributed by atoms with Gasteiger partial charge in [0.05, 0.1) is 0 Å². The number of ether oxygens (including phenoxy) is 1. The molecule has 4 heteroatoms. The molecule has 0 atom stereocenters. The first kappa shape index (κ1) is 22.2. The van der Waals surface area contributed by atoms with Crippen molar-refractivity contribution in [2.24, 2.45) is 0 Å². The summed E-state index contributed by atoms with van der Waals surface area (Å²) in [7, 11) is 0. The van der Waals surface area contributed by atoms with E-state index in [9.17, 15) is 8.78 Å². The average Bonchev–Trinajstić information content (AvgIpc) is 2.81. The predicted octanol–water partition coefficient (Wildman–Crippen LogP) is 6.85. The van der Waals surface area contributed by atoms with E-state index in [1.54, 1.807) is 0 Å². The maximum Gasteiger partial charge on any atom is 0.126 e. The van der Waals surface area contributed by atoms with Gasteiger partial charge in [0.1, 0.15) is 23.1 Å². The van der Waals surface area contributed by atoms with Crippen molar-refractivity contribution in [2.45, 2.75) is 32.1 Å².